The van der Waals surface area contributed by atoms with Crippen LogP contribution in [0.15, 0.2) is 18.2 Å². The van der Waals surface area contributed by atoms with Gasteiger partial charge in [-0.25, -0.2) is 4.79 Å². The smallest absolute Gasteiger partial charge is 0.410 e. The molecule has 22 heavy (non-hydrogen) atoms. The van der Waals surface area contributed by atoms with Crippen LogP contribution in [-0.4, -0.2) is 40.4 Å². The van der Waals surface area contributed by atoms with E-state index in [2.05, 4.69) is 12.1 Å². The number of fused-ring (bicyclic) bond motifs is 1. The number of carbonyl (C=O) groups is 1. The molecule has 5 heteroatoms. The molecular weight excluding hydrogens is 280 g/mol. The molecule has 2 atom stereocenters. The first-order valence-electron chi connectivity index (χ1n) is 7.67. The van der Waals surface area contributed by atoms with Crippen LogP contribution in [0.1, 0.15) is 37.5 Å². The summed E-state index contributed by atoms with van der Waals surface area (Å²) < 4.78 is 5.48. The van der Waals surface area contributed by atoms with E-state index in [0.717, 1.165) is 16.7 Å². The zero-order valence-corrected chi connectivity index (χ0v) is 13.8. The monoisotopic (exact) mass is 306 g/mol. The zero-order chi connectivity index (χ0) is 16.5. The number of benzene rings is 1. The molecule has 3 N–H and O–H groups in total. The van der Waals surface area contributed by atoms with Gasteiger partial charge in [-0.1, -0.05) is 23.8 Å². The summed E-state index contributed by atoms with van der Waals surface area (Å²) in [6.45, 7) is 8.08. The Hall–Kier alpha value is -1.59. The number of carbonyl (C=O) groups excluding carboxylic acids is 1. The van der Waals surface area contributed by atoms with Gasteiger partial charge < -0.3 is 15.6 Å². The summed E-state index contributed by atoms with van der Waals surface area (Å²) in [5, 5.41) is 10.2. The molecule has 122 valence electrons. The molecule has 1 heterocycles. The van der Waals surface area contributed by atoms with Crippen LogP contribution in [0.2, 0.25) is 0 Å². The number of nitrogens with zero attached hydrogens (tertiary/aromatic N) is 1. The van der Waals surface area contributed by atoms with Gasteiger partial charge in [-0.3, -0.25) is 4.90 Å². The van der Waals surface area contributed by atoms with Crippen molar-refractivity contribution in [1.29, 1.82) is 0 Å². The molecule has 0 aliphatic carbocycles. The molecule has 1 aliphatic rings. The lowest BCUT2D eigenvalue weighted by Gasteiger charge is -2.39. The molecule has 0 fully saturated rings. The Bertz CT molecular complexity index is 551. The van der Waals surface area contributed by atoms with Crippen LogP contribution < -0.4 is 5.73 Å². The average Bonchev–Trinajstić information content (AvgIpc) is 2.43. The van der Waals surface area contributed by atoms with Gasteiger partial charge in [-0.15, -0.1) is 0 Å². The highest BCUT2D eigenvalue weighted by atomic mass is 16.6. The fourth-order valence-electron chi connectivity index (χ4n) is 2.76. The molecule has 1 aromatic carbocycles. The minimum absolute atomic E-state index is 0.116. The Balaban J connectivity index is 2.30. The molecule has 5 nitrogen and oxygen atoms in total. The van der Waals surface area contributed by atoms with E-state index in [1.54, 1.807) is 4.90 Å². The second kappa shape index (κ2) is 6.26. The Morgan fingerprint density at radius 3 is 2.73 bits per heavy atom. The van der Waals surface area contributed by atoms with Crippen LogP contribution in [0.3, 0.4) is 0 Å². The Morgan fingerprint density at radius 1 is 1.45 bits per heavy atom. The lowest BCUT2D eigenvalue weighted by Crippen LogP contribution is -2.53. The lowest BCUT2D eigenvalue weighted by molar-refractivity contribution is -0.0101. The minimum Gasteiger partial charge on any atom is -0.444 e. The third kappa shape index (κ3) is 3.78. The number of hydrogen-bond acceptors (Lipinski definition) is 4. The van der Waals surface area contributed by atoms with E-state index < -0.39 is 17.8 Å². The van der Waals surface area contributed by atoms with Crippen molar-refractivity contribution in [2.75, 3.05) is 6.54 Å². The molecule has 2 rings (SSSR count). The summed E-state index contributed by atoms with van der Waals surface area (Å²) in [7, 11) is 0. The summed E-state index contributed by atoms with van der Waals surface area (Å²) in [4.78, 5) is 14.1. The zero-order valence-electron chi connectivity index (χ0n) is 13.8. The van der Waals surface area contributed by atoms with Gasteiger partial charge in [0.25, 0.3) is 0 Å². The molecule has 0 spiro atoms. The van der Waals surface area contributed by atoms with E-state index in [-0.39, 0.29) is 12.6 Å². The number of ether oxygens (including phenoxy) is 1. The Morgan fingerprint density at radius 2 is 2.14 bits per heavy atom. The third-order valence-electron chi connectivity index (χ3n) is 3.85. The van der Waals surface area contributed by atoms with Crippen molar-refractivity contribution >= 4 is 6.09 Å². The summed E-state index contributed by atoms with van der Waals surface area (Å²) in [6.07, 6.45) is -0.577. The molecule has 1 aliphatic heterocycles. The van der Waals surface area contributed by atoms with Gasteiger partial charge in [0.1, 0.15) is 5.60 Å². The van der Waals surface area contributed by atoms with Crippen molar-refractivity contribution in [2.45, 2.75) is 58.4 Å². The summed E-state index contributed by atoms with van der Waals surface area (Å²) in [5.74, 6) is 0. The molecular formula is C17H26N2O3. The predicted molar refractivity (Wildman–Crippen MR) is 85.5 cm³/mol. The highest BCUT2D eigenvalue weighted by molar-refractivity contribution is 5.69. The van der Waals surface area contributed by atoms with Crippen LogP contribution in [0, 0.1) is 6.92 Å². The van der Waals surface area contributed by atoms with Crippen molar-refractivity contribution in [3.8, 4) is 0 Å². The van der Waals surface area contributed by atoms with Crippen LogP contribution in [0.4, 0.5) is 4.79 Å². The molecule has 1 aromatic rings. The SMILES string of the molecule is Cc1ccc2c(c1)CN(C(=O)OC(C)(C)C)[C@@H]([C@@H](O)CN)C2. The van der Waals surface area contributed by atoms with E-state index in [1.165, 1.54) is 0 Å². The van der Waals surface area contributed by atoms with Crippen molar-refractivity contribution < 1.29 is 14.6 Å². The predicted octanol–water partition coefficient (Wildman–Crippen LogP) is 1.98. The van der Waals surface area contributed by atoms with Gasteiger partial charge in [-0.2, -0.15) is 0 Å². The summed E-state index contributed by atoms with van der Waals surface area (Å²) >= 11 is 0. The molecule has 1 amide bonds. The number of aliphatic hydroxyl groups is 1. The van der Waals surface area contributed by atoms with Crippen molar-refractivity contribution in [1.82, 2.24) is 4.90 Å². The molecule has 0 radical (unpaired) electrons. The van der Waals surface area contributed by atoms with Crippen molar-refractivity contribution in [2.24, 2.45) is 5.73 Å². The number of hydrogen-bond donors (Lipinski definition) is 2. The molecule has 0 saturated heterocycles. The second-order valence-electron chi connectivity index (χ2n) is 6.95. The van der Waals surface area contributed by atoms with Gasteiger partial charge in [-0.05, 0) is 45.2 Å². The maximum Gasteiger partial charge on any atom is 0.410 e. The van der Waals surface area contributed by atoms with E-state index >= 15 is 0 Å². The third-order valence-corrected chi connectivity index (χ3v) is 3.85. The standard InChI is InChI=1S/C17H26N2O3/c1-11-5-6-12-8-14(15(20)9-18)19(10-13(12)7-11)16(21)22-17(2,3)4/h5-7,14-15,20H,8-10,18H2,1-4H3/t14-,15+/m1/s1. The van der Waals surface area contributed by atoms with Crippen LogP contribution in [0.5, 0.6) is 0 Å². The van der Waals surface area contributed by atoms with Gasteiger partial charge in [0.05, 0.1) is 12.1 Å². The van der Waals surface area contributed by atoms with Gasteiger partial charge >= 0.3 is 6.09 Å². The fourth-order valence-corrected chi connectivity index (χ4v) is 2.76. The topological polar surface area (TPSA) is 75.8 Å². The highest BCUT2D eigenvalue weighted by Crippen LogP contribution is 2.27. The number of rotatable bonds is 2. The maximum atomic E-state index is 12.5. The minimum atomic E-state index is -0.762. The van der Waals surface area contributed by atoms with E-state index in [1.807, 2.05) is 33.8 Å². The first-order chi connectivity index (χ1) is 10.2. The number of amides is 1. The van der Waals surface area contributed by atoms with Crippen molar-refractivity contribution in [3.63, 3.8) is 0 Å². The Labute approximate surface area is 132 Å². The van der Waals surface area contributed by atoms with Crippen molar-refractivity contribution in [3.05, 3.63) is 34.9 Å². The largest absolute Gasteiger partial charge is 0.444 e. The van der Waals surface area contributed by atoms with E-state index in [9.17, 15) is 9.90 Å². The summed E-state index contributed by atoms with van der Waals surface area (Å²) in [5.41, 5.74) is 8.45. The average molecular weight is 306 g/mol. The number of aryl methyl sites for hydroxylation is 1. The van der Waals surface area contributed by atoms with Crippen LogP contribution >= 0.6 is 0 Å². The van der Waals surface area contributed by atoms with Gasteiger partial charge in [0.15, 0.2) is 0 Å². The maximum absolute atomic E-state index is 12.5. The number of aliphatic hydroxyl groups excluding tert-OH is 1. The Kier molecular flexibility index (Phi) is 4.78. The van der Waals surface area contributed by atoms with E-state index in [4.69, 9.17) is 10.5 Å². The second-order valence-corrected chi connectivity index (χ2v) is 6.95. The quantitative estimate of drug-likeness (QED) is 0.876. The van der Waals surface area contributed by atoms with Crippen LogP contribution in [-0.2, 0) is 17.7 Å². The molecule has 0 bridgehead atoms. The lowest BCUT2D eigenvalue weighted by atomic mass is 9.90. The normalized spacial score (nSPS) is 19.5. The first kappa shape index (κ1) is 16.8. The van der Waals surface area contributed by atoms with Crippen LogP contribution in [0.25, 0.3) is 0 Å². The first-order valence-corrected chi connectivity index (χ1v) is 7.67. The molecule has 0 saturated carbocycles. The fraction of sp³-hybridized carbons (Fsp3) is 0.588. The highest BCUT2D eigenvalue weighted by Gasteiger charge is 2.36. The van der Waals surface area contributed by atoms with Gasteiger partial charge in [0.2, 0.25) is 0 Å². The molecule has 0 unspecified atom stereocenters. The summed E-state index contributed by atoms with van der Waals surface area (Å²) in [6, 6.07) is 5.84. The molecule has 0 aromatic heterocycles. The van der Waals surface area contributed by atoms with Gasteiger partial charge in [0, 0.05) is 13.1 Å². The number of nitrogens with two attached hydrogens (primary N) is 1. The van der Waals surface area contributed by atoms with E-state index in [0.29, 0.717) is 13.0 Å².